The van der Waals surface area contributed by atoms with Crippen LogP contribution in [-0.4, -0.2) is 23.2 Å². The molecule has 0 spiro atoms. The zero-order chi connectivity index (χ0) is 10.6. The molecule has 2 rings (SSSR count). The molecule has 1 unspecified atom stereocenters. The Kier molecular flexibility index (Phi) is 3.34. The van der Waals surface area contributed by atoms with Crippen molar-refractivity contribution >= 4 is 0 Å². The molecule has 0 bridgehead atoms. The minimum atomic E-state index is -0.0404. The van der Waals surface area contributed by atoms with Crippen molar-refractivity contribution in [3.05, 3.63) is 30.1 Å². The van der Waals surface area contributed by atoms with E-state index in [4.69, 9.17) is 0 Å². The third-order valence-electron chi connectivity index (χ3n) is 3.25. The van der Waals surface area contributed by atoms with Gasteiger partial charge in [0.25, 0.3) is 0 Å². The lowest BCUT2D eigenvalue weighted by molar-refractivity contribution is 0.177. The van der Waals surface area contributed by atoms with Crippen LogP contribution in [0.4, 0.5) is 0 Å². The summed E-state index contributed by atoms with van der Waals surface area (Å²) in [5.74, 6) is 0. The monoisotopic (exact) mass is 206 g/mol. The number of piperidine rings is 1. The average molecular weight is 206 g/mol. The van der Waals surface area contributed by atoms with Crippen LogP contribution in [0.25, 0.3) is 0 Å². The van der Waals surface area contributed by atoms with Gasteiger partial charge in [-0.3, -0.25) is 4.98 Å². The van der Waals surface area contributed by atoms with E-state index in [0.29, 0.717) is 0 Å². The Bertz CT molecular complexity index is 288. The topological polar surface area (TPSA) is 45.2 Å². The summed E-state index contributed by atoms with van der Waals surface area (Å²) in [5.41, 5.74) is 1.17. The number of aliphatic hydroxyl groups is 1. The Labute approximate surface area is 90.5 Å². The predicted octanol–water partition coefficient (Wildman–Crippen LogP) is 1.43. The fourth-order valence-electron chi connectivity index (χ4n) is 2.41. The molecule has 0 aromatic carbocycles. The molecular formula is C12H18N2O. The van der Waals surface area contributed by atoms with Gasteiger partial charge in [0.1, 0.15) is 0 Å². The van der Waals surface area contributed by atoms with Gasteiger partial charge in [-0.05, 0) is 37.4 Å². The molecule has 0 aliphatic carbocycles. The zero-order valence-corrected chi connectivity index (χ0v) is 8.95. The molecule has 82 valence electrons. The van der Waals surface area contributed by atoms with Crippen LogP contribution in [0.1, 0.15) is 31.2 Å². The summed E-state index contributed by atoms with van der Waals surface area (Å²) in [6.07, 6.45) is 8.03. The molecule has 2 N–H and O–H groups in total. The van der Waals surface area contributed by atoms with Crippen molar-refractivity contribution in [1.82, 2.24) is 10.3 Å². The Balaban J connectivity index is 2.25. The smallest absolute Gasteiger partial charge is 0.0471 e. The summed E-state index contributed by atoms with van der Waals surface area (Å²) in [6, 6.07) is 4.06. The summed E-state index contributed by atoms with van der Waals surface area (Å²) in [5, 5.41) is 12.7. The van der Waals surface area contributed by atoms with Crippen molar-refractivity contribution in [2.75, 3.05) is 13.2 Å². The number of hydrogen-bond donors (Lipinski definition) is 2. The van der Waals surface area contributed by atoms with E-state index in [2.05, 4.69) is 16.4 Å². The number of aliphatic hydroxyl groups excluding tert-OH is 1. The van der Waals surface area contributed by atoms with Crippen LogP contribution in [0.15, 0.2) is 24.5 Å². The molecule has 1 saturated heterocycles. The molecule has 1 aromatic heterocycles. The molecular weight excluding hydrogens is 188 g/mol. The van der Waals surface area contributed by atoms with Crippen molar-refractivity contribution in [2.24, 2.45) is 0 Å². The third-order valence-corrected chi connectivity index (χ3v) is 3.25. The average Bonchev–Trinajstić information content (AvgIpc) is 2.32. The second kappa shape index (κ2) is 4.73. The van der Waals surface area contributed by atoms with Gasteiger partial charge in [0.15, 0.2) is 0 Å². The molecule has 0 amide bonds. The number of rotatable bonds is 3. The Morgan fingerprint density at radius 3 is 3.00 bits per heavy atom. The fourth-order valence-corrected chi connectivity index (χ4v) is 2.41. The third kappa shape index (κ3) is 2.19. The number of hydrogen-bond acceptors (Lipinski definition) is 3. The number of aromatic nitrogens is 1. The van der Waals surface area contributed by atoms with Crippen LogP contribution in [0.3, 0.4) is 0 Å². The minimum Gasteiger partial charge on any atom is -0.396 e. The SMILES string of the molecule is OCCC1(c2cccnc2)CCCCN1. The standard InChI is InChI=1S/C12H18N2O/c15-9-6-12(5-1-2-8-14-12)11-4-3-7-13-10-11/h3-4,7,10,14-15H,1-2,5-6,8-9H2. The molecule has 0 saturated carbocycles. The summed E-state index contributed by atoms with van der Waals surface area (Å²) in [6.45, 7) is 1.26. The van der Waals surface area contributed by atoms with E-state index in [1.807, 2.05) is 12.3 Å². The van der Waals surface area contributed by atoms with Gasteiger partial charge in [-0.15, -0.1) is 0 Å². The molecule has 2 heterocycles. The summed E-state index contributed by atoms with van der Waals surface area (Å²) in [4.78, 5) is 4.17. The molecule has 15 heavy (non-hydrogen) atoms. The molecule has 1 fully saturated rings. The van der Waals surface area contributed by atoms with E-state index in [1.165, 1.54) is 18.4 Å². The fraction of sp³-hybridized carbons (Fsp3) is 0.583. The van der Waals surface area contributed by atoms with Gasteiger partial charge in [-0.2, -0.15) is 0 Å². The van der Waals surface area contributed by atoms with E-state index in [0.717, 1.165) is 19.4 Å². The predicted molar refractivity (Wildman–Crippen MR) is 59.5 cm³/mol. The maximum atomic E-state index is 9.18. The van der Waals surface area contributed by atoms with Crippen LogP contribution in [0.5, 0.6) is 0 Å². The lowest BCUT2D eigenvalue weighted by atomic mass is 9.80. The van der Waals surface area contributed by atoms with Crippen LogP contribution >= 0.6 is 0 Å². The molecule has 1 aromatic rings. The van der Waals surface area contributed by atoms with Crippen molar-refractivity contribution < 1.29 is 5.11 Å². The van der Waals surface area contributed by atoms with Gasteiger partial charge in [0.05, 0.1) is 0 Å². The normalized spacial score (nSPS) is 26.5. The van der Waals surface area contributed by atoms with Crippen molar-refractivity contribution in [3.63, 3.8) is 0 Å². The van der Waals surface area contributed by atoms with Crippen molar-refractivity contribution in [2.45, 2.75) is 31.2 Å². The van der Waals surface area contributed by atoms with Crippen LogP contribution in [0, 0.1) is 0 Å². The molecule has 1 atom stereocenters. The molecule has 0 radical (unpaired) electrons. The van der Waals surface area contributed by atoms with E-state index < -0.39 is 0 Å². The highest BCUT2D eigenvalue weighted by molar-refractivity contribution is 5.21. The second-order valence-electron chi connectivity index (χ2n) is 4.18. The minimum absolute atomic E-state index is 0.0404. The summed E-state index contributed by atoms with van der Waals surface area (Å²) < 4.78 is 0. The molecule has 1 aliphatic heterocycles. The Morgan fingerprint density at radius 1 is 1.47 bits per heavy atom. The number of pyridine rings is 1. The van der Waals surface area contributed by atoms with Crippen molar-refractivity contribution in [3.8, 4) is 0 Å². The highest BCUT2D eigenvalue weighted by Gasteiger charge is 2.32. The largest absolute Gasteiger partial charge is 0.396 e. The second-order valence-corrected chi connectivity index (χ2v) is 4.18. The lowest BCUT2D eigenvalue weighted by Crippen LogP contribution is -2.46. The maximum absolute atomic E-state index is 9.18. The Hall–Kier alpha value is -0.930. The van der Waals surface area contributed by atoms with E-state index in [-0.39, 0.29) is 12.1 Å². The van der Waals surface area contributed by atoms with Gasteiger partial charge in [0, 0.05) is 24.5 Å². The van der Waals surface area contributed by atoms with Crippen LogP contribution in [0.2, 0.25) is 0 Å². The highest BCUT2D eigenvalue weighted by Crippen LogP contribution is 2.32. The molecule has 1 aliphatic rings. The number of nitrogens with zero attached hydrogens (tertiary/aromatic N) is 1. The van der Waals surface area contributed by atoms with E-state index in [9.17, 15) is 5.11 Å². The first-order valence-corrected chi connectivity index (χ1v) is 5.64. The van der Waals surface area contributed by atoms with Gasteiger partial charge >= 0.3 is 0 Å². The molecule has 3 nitrogen and oxygen atoms in total. The van der Waals surface area contributed by atoms with Crippen LogP contribution in [-0.2, 0) is 5.54 Å². The maximum Gasteiger partial charge on any atom is 0.0471 e. The van der Waals surface area contributed by atoms with Gasteiger partial charge in [-0.1, -0.05) is 12.5 Å². The first-order valence-electron chi connectivity index (χ1n) is 5.64. The quantitative estimate of drug-likeness (QED) is 0.786. The van der Waals surface area contributed by atoms with Gasteiger partial charge in [-0.25, -0.2) is 0 Å². The summed E-state index contributed by atoms with van der Waals surface area (Å²) in [7, 11) is 0. The van der Waals surface area contributed by atoms with E-state index in [1.54, 1.807) is 6.20 Å². The van der Waals surface area contributed by atoms with Gasteiger partial charge in [0.2, 0.25) is 0 Å². The molecule has 3 heteroatoms. The highest BCUT2D eigenvalue weighted by atomic mass is 16.3. The lowest BCUT2D eigenvalue weighted by Gasteiger charge is -2.38. The first-order chi connectivity index (χ1) is 7.37. The van der Waals surface area contributed by atoms with Crippen molar-refractivity contribution in [1.29, 1.82) is 0 Å². The van der Waals surface area contributed by atoms with E-state index >= 15 is 0 Å². The number of nitrogens with one attached hydrogen (secondary N) is 1. The Morgan fingerprint density at radius 2 is 2.40 bits per heavy atom. The van der Waals surface area contributed by atoms with Gasteiger partial charge < -0.3 is 10.4 Å². The summed E-state index contributed by atoms with van der Waals surface area (Å²) >= 11 is 0. The zero-order valence-electron chi connectivity index (χ0n) is 8.95. The first kappa shape index (κ1) is 10.6. The van der Waals surface area contributed by atoms with Crippen LogP contribution < -0.4 is 5.32 Å².